The highest BCUT2D eigenvalue weighted by Gasteiger charge is 2.44. The molecule has 136 valence electrons. The highest BCUT2D eigenvalue weighted by molar-refractivity contribution is 7.91. The Bertz CT molecular complexity index is 654. The summed E-state index contributed by atoms with van der Waals surface area (Å²) < 4.78 is 30.6. The van der Waals surface area contributed by atoms with Crippen LogP contribution in [0.15, 0.2) is 29.2 Å². The molecule has 0 amide bonds. The van der Waals surface area contributed by atoms with E-state index in [2.05, 4.69) is 0 Å². The maximum Gasteiger partial charge on any atom is 0.243 e. The number of ether oxygens (including phenoxy) is 1. The van der Waals surface area contributed by atoms with Crippen LogP contribution in [0, 0.1) is 5.92 Å². The number of morpholine rings is 1. The van der Waals surface area contributed by atoms with Crippen LogP contribution in [0.4, 0.5) is 0 Å². The van der Waals surface area contributed by atoms with Crippen LogP contribution in [0.3, 0.4) is 0 Å². The molecule has 0 spiro atoms. The normalized spacial score (nSPS) is 28.2. The molecule has 0 bridgehead atoms. The number of aliphatic hydroxyl groups is 2. The van der Waals surface area contributed by atoms with Crippen molar-refractivity contribution in [2.75, 3.05) is 45.6 Å². The molecule has 1 aliphatic heterocycles. The molecular weight excluding hydrogens is 330 g/mol. The number of aliphatic hydroxyl groups excluding tert-OH is 1. The minimum atomic E-state index is -3.32. The van der Waals surface area contributed by atoms with Crippen LogP contribution in [0.25, 0.3) is 0 Å². The third kappa shape index (κ3) is 4.34. The molecule has 24 heavy (non-hydrogen) atoms. The van der Waals surface area contributed by atoms with Gasteiger partial charge in [0, 0.05) is 5.56 Å². The monoisotopic (exact) mass is 358 g/mol. The van der Waals surface area contributed by atoms with Crippen molar-refractivity contribution < 1.29 is 27.9 Å². The van der Waals surface area contributed by atoms with Gasteiger partial charge in [0.15, 0.2) is 9.84 Å². The van der Waals surface area contributed by atoms with Gasteiger partial charge >= 0.3 is 0 Å². The lowest BCUT2D eigenvalue weighted by Gasteiger charge is -2.44. The van der Waals surface area contributed by atoms with Gasteiger partial charge in [0.2, 0.25) is 5.79 Å². The second-order valence-electron chi connectivity index (χ2n) is 7.28. The van der Waals surface area contributed by atoms with E-state index in [0.29, 0.717) is 36.3 Å². The van der Waals surface area contributed by atoms with Crippen LogP contribution in [-0.4, -0.2) is 68.8 Å². The zero-order chi connectivity index (χ0) is 18.0. The number of benzene rings is 1. The fraction of sp³-hybridized carbons (Fsp3) is 0.647. The number of nitrogens with zero attached hydrogens (tertiary/aromatic N) is 1. The lowest BCUT2D eigenvalue weighted by Crippen LogP contribution is -2.60. The third-order valence-corrected chi connectivity index (χ3v) is 6.52. The number of likely N-dealkylation sites (N-methyl/N-ethyl adjacent to an activating group) is 1. The molecule has 1 aromatic rings. The fourth-order valence-corrected chi connectivity index (χ4v) is 4.76. The molecule has 2 atom stereocenters. The first kappa shape index (κ1) is 19.3. The number of quaternary nitrogens is 1. The molecule has 6 nitrogen and oxygen atoms in total. The van der Waals surface area contributed by atoms with Gasteiger partial charge in [0.25, 0.3) is 0 Å². The summed E-state index contributed by atoms with van der Waals surface area (Å²) in [5.74, 6) is -1.32. The Labute approximate surface area is 144 Å². The van der Waals surface area contributed by atoms with E-state index in [9.17, 15) is 18.6 Å². The van der Waals surface area contributed by atoms with Gasteiger partial charge in [-0.05, 0) is 18.1 Å². The molecule has 1 unspecified atom stereocenters. The standard InChI is InChI=1S/C17H28NO5S/c1-14(2)12-24(21,22)16-6-4-15(5-7-16)17(20)13-18(3,8-10-19)9-11-23-17/h4-7,14,19-20H,8-13H2,1-3H3/q+1/t17-,18?/m1/s1. The maximum atomic E-state index is 12.3. The molecule has 1 saturated heterocycles. The molecule has 1 aromatic carbocycles. The summed E-state index contributed by atoms with van der Waals surface area (Å²) in [4.78, 5) is 0.256. The van der Waals surface area contributed by atoms with E-state index in [1.165, 1.54) is 12.1 Å². The van der Waals surface area contributed by atoms with E-state index in [1.807, 2.05) is 20.9 Å². The van der Waals surface area contributed by atoms with Gasteiger partial charge in [-0.2, -0.15) is 0 Å². The molecule has 1 fully saturated rings. The Morgan fingerprint density at radius 3 is 2.46 bits per heavy atom. The first-order valence-corrected chi connectivity index (χ1v) is 9.89. The molecule has 0 aromatic heterocycles. The quantitative estimate of drug-likeness (QED) is 0.733. The SMILES string of the molecule is CC(C)CS(=O)(=O)c1ccc([C@@]2(O)C[N+](C)(CCO)CCO2)cc1. The Hall–Kier alpha value is -0.990. The minimum Gasteiger partial charge on any atom is -0.391 e. The van der Waals surface area contributed by atoms with Crippen LogP contribution in [0.1, 0.15) is 19.4 Å². The lowest BCUT2D eigenvalue weighted by molar-refractivity contribution is -0.930. The van der Waals surface area contributed by atoms with Gasteiger partial charge in [-0.3, -0.25) is 0 Å². The largest absolute Gasteiger partial charge is 0.391 e. The van der Waals surface area contributed by atoms with Crippen LogP contribution in [-0.2, 0) is 20.4 Å². The molecule has 7 heteroatoms. The summed E-state index contributed by atoms with van der Waals surface area (Å²) in [6.45, 7) is 5.70. The molecule has 0 saturated carbocycles. The second kappa shape index (κ2) is 7.09. The molecular formula is C17H28NO5S+. The number of hydrogen-bond acceptors (Lipinski definition) is 5. The molecule has 1 aliphatic rings. The summed E-state index contributed by atoms with van der Waals surface area (Å²) in [5.41, 5.74) is 0.535. The zero-order valence-corrected chi connectivity index (χ0v) is 15.4. The Morgan fingerprint density at radius 1 is 1.29 bits per heavy atom. The van der Waals surface area contributed by atoms with Crippen molar-refractivity contribution in [3.8, 4) is 0 Å². The summed E-state index contributed by atoms with van der Waals surface area (Å²) >= 11 is 0. The van der Waals surface area contributed by atoms with Gasteiger partial charge in [-0.1, -0.05) is 26.0 Å². The molecule has 2 rings (SSSR count). The number of rotatable bonds is 6. The van der Waals surface area contributed by atoms with Gasteiger partial charge in [-0.15, -0.1) is 0 Å². The van der Waals surface area contributed by atoms with Gasteiger partial charge in [0.05, 0.1) is 30.9 Å². The van der Waals surface area contributed by atoms with Crippen LogP contribution < -0.4 is 0 Å². The zero-order valence-electron chi connectivity index (χ0n) is 14.6. The highest BCUT2D eigenvalue weighted by atomic mass is 32.2. The molecule has 0 aliphatic carbocycles. The van der Waals surface area contributed by atoms with Crippen LogP contribution >= 0.6 is 0 Å². The van der Waals surface area contributed by atoms with Crippen molar-refractivity contribution in [2.24, 2.45) is 5.92 Å². The number of hydrogen-bond donors (Lipinski definition) is 2. The average Bonchev–Trinajstić information content (AvgIpc) is 2.46. The van der Waals surface area contributed by atoms with Crippen molar-refractivity contribution in [1.29, 1.82) is 0 Å². The van der Waals surface area contributed by atoms with Gasteiger partial charge in [0.1, 0.15) is 19.6 Å². The van der Waals surface area contributed by atoms with Crippen molar-refractivity contribution in [2.45, 2.75) is 24.5 Å². The van der Waals surface area contributed by atoms with E-state index in [4.69, 9.17) is 4.74 Å². The lowest BCUT2D eigenvalue weighted by atomic mass is 10.0. The third-order valence-electron chi connectivity index (χ3n) is 4.43. The van der Waals surface area contributed by atoms with E-state index < -0.39 is 15.6 Å². The van der Waals surface area contributed by atoms with E-state index in [0.717, 1.165) is 0 Å². The predicted octanol–water partition coefficient (Wildman–Crippen LogP) is 0.730. The maximum absolute atomic E-state index is 12.3. The summed E-state index contributed by atoms with van der Waals surface area (Å²) in [7, 11) is -1.35. The van der Waals surface area contributed by atoms with Crippen molar-refractivity contribution >= 4 is 9.84 Å². The summed E-state index contributed by atoms with van der Waals surface area (Å²) in [5, 5.41) is 20.1. The molecule has 0 radical (unpaired) electrons. The summed E-state index contributed by atoms with van der Waals surface area (Å²) in [6.07, 6.45) is 0. The average molecular weight is 358 g/mol. The van der Waals surface area contributed by atoms with Crippen molar-refractivity contribution in [3.05, 3.63) is 29.8 Å². The fourth-order valence-electron chi connectivity index (χ4n) is 3.14. The van der Waals surface area contributed by atoms with Crippen molar-refractivity contribution in [3.63, 3.8) is 0 Å². The van der Waals surface area contributed by atoms with Crippen LogP contribution in [0.5, 0.6) is 0 Å². The van der Waals surface area contributed by atoms with Crippen LogP contribution in [0.2, 0.25) is 0 Å². The Kier molecular flexibility index (Phi) is 5.71. The minimum absolute atomic E-state index is 0.0406. The number of sulfone groups is 1. The van der Waals surface area contributed by atoms with Gasteiger partial charge < -0.3 is 19.4 Å². The first-order chi connectivity index (χ1) is 11.1. The Balaban J connectivity index is 2.24. The summed E-state index contributed by atoms with van der Waals surface area (Å²) in [6, 6.07) is 6.28. The van der Waals surface area contributed by atoms with E-state index >= 15 is 0 Å². The predicted molar refractivity (Wildman–Crippen MR) is 91.1 cm³/mol. The highest BCUT2D eigenvalue weighted by Crippen LogP contribution is 2.30. The smallest absolute Gasteiger partial charge is 0.243 e. The van der Waals surface area contributed by atoms with Crippen molar-refractivity contribution in [1.82, 2.24) is 0 Å². The second-order valence-corrected chi connectivity index (χ2v) is 9.32. The van der Waals surface area contributed by atoms with E-state index in [1.54, 1.807) is 12.1 Å². The first-order valence-electron chi connectivity index (χ1n) is 8.24. The van der Waals surface area contributed by atoms with Gasteiger partial charge in [-0.25, -0.2) is 8.42 Å². The van der Waals surface area contributed by atoms with E-state index in [-0.39, 0.29) is 23.2 Å². The topological polar surface area (TPSA) is 83.8 Å². The molecule has 1 heterocycles. The Morgan fingerprint density at radius 2 is 1.92 bits per heavy atom. The molecule has 2 N–H and O–H groups in total.